The van der Waals surface area contributed by atoms with Gasteiger partial charge in [0.1, 0.15) is 0 Å². The molecular weight excluding hydrogens is 272 g/mol. The topological polar surface area (TPSA) is 20.2 Å². The second-order valence-electron chi connectivity index (χ2n) is 5.29. The molecule has 3 rings (SSSR count). The molecule has 1 aliphatic rings. The van der Waals surface area contributed by atoms with Gasteiger partial charge in [-0.1, -0.05) is 6.92 Å². The minimum Gasteiger partial charge on any atom is -0.392 e. The third-order valence-electron chi connectivity index (χ3n) is 4.04. The Balaban J connectivity index is 1.73. The number of aryl methyl sites for hydroxylation is 2. The molecule has 1 nitrogen and oxygen atoms in total. The third-order valence-corrected chi connectivity index (χ3v) is 6.29. The summed E-state index contributed by atoms with van der Waals surface area (Å²) in [6.07, 6.45) is 5.24. The van der Waals surface area contributed by atoms with Gasteiger partial charge in [-0.2, -0.15) is 0 Å². The van der Waals surface area contributed by atoms with Crippen LogP contribution in [0.3, 0.4) is 0 Å². The van der Waals surface area contributed by atoms with Gasteiger partial charge in [-0.3, -0.25) is 0 Å². The lowest BCUT2D eigenvalue weighted by atomic mass is 9.82. The van der Waals surface area contributed by atoms with Crippen LogP contribution in [0, 0.1) is 0 Å². The number of fused-ring (bicyclic) bond motifs is 1. The Morgan fingerprint density at radius 1 is 1.32 bits per heavy atom. The minimum absolute atomic E-state index is 0.225. The van der Waals surface area contributed by atoms with Crippen LogP contribution in [-0.2, 0) is 19.3 Å². The Morgan fingerprint density at radius 2 is 2.16 bits per heavy atom. The maximum absolute atomic E-state index is 10.6. The van der Waals surface area contributed by atoms with E-state index in [4.69, 9.17) is 0 Å². The highest BCUT2D eigenvalue weighted by Gasteiger charge is 2.27. The molecule has 2 aromatic heterocycles. The van der Waals surface area contributed by atoms with E-state index in [1.165, 1.54) is 33.0 Å². The molecule has 0 radical (unpaired) electrons. The molecule has 0 saturated carbocycles. The molecule has 0 saturated heterocycles. The van der Waals surface area contributed by atoms with Crippen LogP contribution < -0.4 is 0 Å². The molecule has 1 aliphatic carbocycles. The number of thiophene rings is 2. The van der Waals surface area contributed by atoms with Gasteiger partial charge in [-0.25, -0.2) is 0 Å². The molecule has 0 amide bonds. The van der Waals surface area contributed by atoms with Crippen LogP contribution in [-0.4, -0.2) is 11.2 Å². The van der Waals surface area contributed by atoms with Crippen LogP contribution in [0.25, 0.3) is 0 Å². The smallest absolute Gasteiger partial charge is 0.0657 e. The van der Waals surface area contributed by atoms with Gasteiger partial charge < -0.3 is 5.11 Å². The minimum atomic E-state index is -0.225. The Morgan fingerprint density at radius 3 is 2.95 bits per heavy atom. The summed E-state index contributed by atoms with van der Waals surface area (Å²) in [6, 6.07) is 6.60. The average molecular weight is 292 g/mol. The fourth-order valence-corrected chi connectivity index (χ4v) is 5.00. The molecule has 2 unspecified atom stereocenters. The number of rotatable bonds is 4. The zero-order valence-electron chi connectivity index (χ0n) is 11.3. The molecule has 0 spiro atoms. The Kier molecular flexibility index (Phi) is 4.06. The quantitative estimate of drug-likeness (QED) is 0.886. The maximum Gasteiger partial charge on any atom is 0.0657 e. The summed E-state index contributed by atoms with van der Waals surface area (Å²) in [5.41, 5.74) is 1.41. The van der Waals surface area contributed by atoms with Crippen molar-refractivity contribution < 1.29 is 5.11 Å². The van der Waals surface area contributed by atoms with E-state index in [0.717, 1.165) is 19.3 Å². The van der Waals surface area contributed by atoms with Crippen molar-refractivity contribution >= 4 is 22.7 Å². The Labute approximate surface area is 122 Å². The van der Waals surface area contributed by atoms with Crippen molar-refractivity contribution in [2.75, 3.05) is 0 Å². The summed E-state index contributed by atoms with van der Waals surface area (Å²) in [7, 11) is 0. The summed E-state index contributed by atoms with van der Waals surface area (Å²) >= 11 is 3.70. The van der Waals surface area contributed by atoms with Gasteiger partial charge >= 0.3 is 0 Å². The highest BCUT2D eigenvalue weighted by atomic mass is 32.1. The van der Waals surface area contributed by atoms with Crippen LogP contribution in [0.15, 0.2) is 23.6 Å². The van der Waals surface area contributed by atoms with Gasteiger partial charge in [0.05, 0.1) is 6.10 Å². The Hall–Kier alpha value is -0.640. The van der Waals surface area contributed by atoms with E-state index >= 15 is 0 Å². The van der Waals surface area contributed by atoms with Crippen LogP contribution in [0.5, 0.6) is 0 Å². The highest BCUT2D eigenvalue weighted by molar-refractivity contribution is 7.12. The monoisotopic (exact) mass is 292 g/mol. The number of hydrogen-bond donors (Lipinski definition) is 1. The zero-order valence-corrected chi connectivity index (χ0v) is 12.9. The SMILES string of the molecule is CCc1ccc(CC(O)C2CCCc3sccc32)s1. The van der Waals surface area contributed by atoms with E-state index in [2.05, 4.69) is 30.5 Å². The molecule has 2 heterocycles. The van der Waals surface area contributed by atoms with E-state index in [-0.39, 0.29) is 6.10 Å². The fourth-order valence-electron chi connectivity index (χ4n) is 2.99. The maximum atomic E-state index is 10.6. The first-order valence-electron chi connectivity index (χ1n) is 7.10. The normalized spacial score (nSPS) is 20.2. The summed E-state index contributed by atoms with van der Waals surface area (Å²) in [5, 5.41) is 12.8. The van der Waals surface area contributed by atoms with Gasteiger partial charge in [-0.05, 0) is 54.8 Å². The largest absolute Gasteiger partial charge is 0.392 e. The van der Waals surface area contributed by atoms with Crippen LogP contribution in [0.4, 0.5) is 0 Å². The van der Waals surface area contributed by atoms with Crippen LogP contribution in [0.1, 0.15) is 45.9 Å². The summed E-state index contributed by atoms with van der Waals surface area (Å²) < 4.78 is 0. The predicted octanol–water partition coefficient (Wildman–Crippen LogP) is 4.40. The second-order valence-corrected chi connectivity index (χ2v) is 7.54. The molecule has 0 bridgehead atoms. The van der Waals surface area contributed by atoms with E-state index in [1.54, 1.807) is 0 Å². The molecule has 102 valence electrons. The standard InChI is InChI=1S/C16H20OS2/c1-2-11-6-7-12(19-11)10-15(17)13-4-3-5-16-14(13)8-9-18-16/h6-9,13,15,17H,2-5,10H2,1H3. The zero-order chi connectivity index (χ0) is 13.2. The molecular formula is C16H20OS2. The molecule has 1 N–H and O–H groups in total. The summed E-state index contributed by atoms with van der Waals surface area (Å²) in [4.78, 5) is 4.24. The molecule has 0 fully saturated rings. The van der Waals surface area contributed by atoms with Gasteiger partial charge in [0.25, 0.3) is 0 Å². The van der Waals surface area contributed by atoms with E-state index in [9.17, 15) is 5.11 Å². The lowest BCUT2D eigenvalue weighted by molar-refractivity contribution is 0.136. The van der Waals surface area contributed by atoms with Crippen LogP contribution in [0.2, 0.25) is 0 Å². The van der Waals surface area contributed by atoms with Gasteiger partial charge in [0.15, 0.2) is 0 Å². The van der Waals surface area contributed by atoms with E-state index in [1.807, 2.05) is 22.7 Å². The fraction of sp³-hybridized carbons (Fsp3) is 0.500. The highest BCUT2D eigenvalue weighted by Crippen LogP contribution is 2.38. The van der Waals surface area contributed by atoms with Crippen molar-refractivity contribution in [1.82, 2.24) is 0 Å². The number of hydrogen-bond acceptors (Lipinski definition) is 3. The molecule has 0 aromatic carbocycles. The number of aliphatic hydroxyl groups excluding tert-OH is 1. The number of aliphatic hydroxyl groups is 1. The van der Waals surface area contributed by atoms with Crippen molar-refractivity contribution in [2.45, 2.75) is 51.0 Å². The summed E-state index contributed by atoms with van der Waals surface area (Å²) in [6.45, 7) is 2.19. The lowest BCUT2D eigenvalue weighted by Crippen LogP contribution is -2.23. The van der Waals surface area contributed by atoms with E-state index in [0.29, 0.717) is 5.92 Å². The molecule has 0 aliphatic heterocycles. The first-order chi connectivity index (χ1) is 9.28. The molecule has 2 aromatic rings. The first kappa shape index (κ1) is 13.3. The molecule has 3 heteroatoms. The van der Waals surface area contributed by atoms with Crippen molar-refractivity contribution in [1.29, 1.82) is 0 Å². The van der Waals surface area contributed by atoms with Crippen molar-refractivity contribution in [2.24, 2.45) is 0 Å². The Bertz CT molecular complexity index is 540. The van der Waals surface area contributed by atoms with Gasteiger partial charge in [0.2, 0.25) is 0 Å². The molecule has 2 atom stereocenters. The van der Waals surface area contributed by atoms with Gasteiger partial charge in [-0.15, -0.1) is 22.7 Å². The lowest BCUT2D eigenvalue weighted by Gasteiger charge is -2.27. The average Bonchev–Trinajstić information content (AvgIpc) is 3.05. The van der Waals surface area contributed by atoms with E-state index < -0.39 is 0 Å². The van der Waals surface area contributed by atoms with Crippen molar-refractivity contribution in [3.8, 4) is 0 Å². The van der Waals surface area contributed by atoms with Gasteiger partial charge in [0, 0.05) is 27.0 Å². The molecule has 19 heavy (non-hydrogen) atoms. The second kappa shape index (κ2) is 5.78. The van der Waals surface area contributed by atoms with Crippen molar-refractivity contribution in [3.05, 3.63) is 43.8 Å². The van der Waals surface area contributed by atoms with Crippen LogP contribution >= 0.6 is 22.7 Å². The predicted molar refractivity (Wildman–Crippen MR) is 83.4 cm³/mol. The third kappa shape index (κ3) is 2.78. The first-order valence-corrected chi connectivity index (χ1v) is 8.79. The summed E-state index contributed by atoms with van der Waals surface area (Å²) in [5.74, 6) is 0.349. The van der Waals surface area contributed by atoms with Crippen molar-refractivity contribution in [3.63, 3.8) is 0 Å².